The molecule has 0 amide bonds. The molecule has 0 saturated carbocycles. The van der Waals surface area contributed by atoms with Crippen molar-refractivity contribution in [1.29, 1.82) is 0 Å². The first-order valence-corrected chi connectivity index (χ1v) is 7.62. The molecular formula is C17H29NO3. The quantitative estimate of drug-likeness (QED) is 0.718. The van der Waals surface area contributed by atoms with Crippen LogP contribution >= 0.6 is 0 Å². The summed E-state index contributed by atoms with van der Waals surface area (Å²) in [7, 11) is 5.12. The molecule has 4 heteroatoms. The SMILES string of the molecule is CCCNC(c1ccc(OC)cc1OC)C(C)CCOC. The van der Waals surface area contributed by atoms with Gasteiger partial charge in [0, 0.05) is 31.4 Å². The molecule has 1 N–H and O–H groups in total. The Kier molecular flexibility index (Phi) is 8.16. The molecule has 0 aliphatic carbocycles. The van der Waals surface area contributed by atoms with Crippen molar-refractivity contribution in [2.75, 3.05) is 34.5 Å². The Morgan fingerprint density at radius 1 is 1.14 bits per heavy atom. The molecule has 0 bridgehead atoms. The van der Waals surface area contributed by atoms with Gasteiger partial charge in [0.15, 0.2) is 0 Å². The third-order valence-corrected chi connectivity index (χ3v) is 3.74. The van der Waals surface area contributed by atoms with E-state index in [-0.39, 0.29) is 6.04 Å². The third kappa shape index (κ3) is 5.21. The summed E-state index contributed by atoms with van der Waals surface area (Å²) >= 11 is 0. The Hall–Kier alpha value is -1.26. The zero-order chi connectivity index (χ0) is 15.7. The summed E-state index contributed by atoms with van der Waals surface area (Å²) in [6.07, 6.45) is 2.11. The fourth-order valence-electron chi connectivity index (χ4n) is 2.46. The van der Waals surface area contributed by atoms with Crippen molar-refractivity contribution >= 4 is 0 Å². The van der Waals surface area contributed by atoms with Gasteiger partial charge in [0.05, 0.1) is 14.2 Å². The topological polar surface area (TPSA) is 39.7 Å². The predicted octanol–water partition coefficient (Wildman–Crippen LogP) is 3.42. The Bertz CT molecular complexity index is 409. The lowest BCUT2D eigenvalue weighted by molar-refractivity contribution is 0.169. The minimum Gasteiger partial charge on any atom is -0.497 e. The largest absolute Gasteiger partial charge is 0.497 e. The third-order valence-electron chi connectivity index (χ3n) is 3.74. The smallest absolute Gasteiger partial charge is 0.127 e. The Morgan fingerprint density at radius 2 is 1.90 bits per heavy atom. The maximum absolute atomic E-state index is 5.55. The van der Waals surface area contributed by atoms with Gasteiger partial charge in [0.1, 0.15) is 11.5 Å². The highest BCUT2D eigenvalue weighted by Gasteiger charge is 2.22. The van der Waals surface area contributed by atoms with Crippen LogP contribution in [0.5, 0.6) is 11.5 Å². The standard InChI is InChI=1S/C17H29NO3/c1-6-10-18-17(13(2)9-11-19-3)15-8-7-14(20-4)12-16(15)21-5/h7-8,12-13,17-18H,6,9-11H2,1-5H3. The minimum absolute atomic E-state index is 0.251. The number of methoxy groups -OCH3 is 3. The second kappa shape index (κ2) is 9.64. The summed E-state index contributed by atoms with van der Waals surface area (Å²) in [4.78, 5) is 0. The van der Waals surface area contributed by atoms with Crippen LogP contribution in [0, 0.1) is 5.92 Å². The summed E-state index contributed by atoms with van der Waals surface area (Å²) in [5, 5.41) is 3.63. The first-order valence-electron chi connectivity index (χ1n) is 7.62. The van der Waals surface area contributed by atoms with Crippen LogP contribution in [0.4, 0.5) is 0 Å². The minimum atomic E-state index is 0.251. The van der Waals surface area contributed by atoms with Gasteiger partial charge in [0.25, 0.3) is 0 Å². The van der Waals surface area contributed by atoms with Gasteiger partial charge in [-0.15, -0.1) is 0 Å². The first-order chi connectivity index (χ1) is 10.2. The fourth-order valence-corrected chi connectivity index (χ4v) is 2.46. The monoisotopic (exact) mass is 295 g/mol. The van der Waals surface area contributed by atoms with Gasteiger partial charge in [-0.1, -0.05) is 19.9 Å². The Morgan fingerprint density at radius 3 is 2.48 bits per heavy atom. The molecule has 0 aliphatic rings. The zero-order valence-electron chi connectivity index (χ0n) is 13.9. The molecule has 0 heterocycles. The van der Waals surface area contributed by atoms with Crippen molar-refractivity contribution in [3.05, 3.63) is 23.8 Å². The molecule has 0 radical (unpaired) electrons. The molecule has 2 unspecified atom stereocenters. The van der Waals surface area contributed by atoms with E-state index < -0.39 is 0 Å². The lowest BCUT2D eigenvalue weighted by Crippen LogP contribution is -2.28. The van der Waals surface area contributed by atoms with Crippen molar-refractivity contribution in [3.8, 4) is 11.5 Å². The van der Waals surface area contributed by atoms with Gasteiger partial charge in [-0.25, -0.2) is 0 Å². The predicted molar refractivity (Wildman–Crippen MR) is 86.2 cm³/mol. The van der Waals surface area contributed by atoms with Gasteiger partial charge in [0.2, 0.25) is 0 Å². The molecule has 1 aromatic carbocycles. The van der Waals surface area contributed by atoms with E-state index in [1.165, 1.54) is 5.56 Å². The lowest BCUT2D eigenvalue weighted by atomic mass is 9.91. The zero-order valence-corrected chi connectivity index (χ0v) is 13.9. The number of hydrogen-bond acceptors (Lipinski definition) is 4. The van der Waals surface area contributed by atoms with Crippen LogP contribution < -0.4 is 14.8 Å². The van der Waals surface area contributed by atoms with E-state index >= 15 is 0 Å². The van der Waals surface area contributed by atoms with E-state index in [1.807, 2.05) is 12.1 Å². The number of rotatable bonds is 10. The van der Waals surface area contributed by atoms with Crippen LogP contribution in [-0.2, 0) is 4.74 Å². The Labute approximate surface area is 128 Å². The van der Waals surface area contributed by atoms with Gasteiger partial charge < -0.3 is 19.5 Å². The summed E-state index contributed by atoms with van der Waals surface area (Å²) < 4.78 is 16.0. The summed E-state index contributed by atoms with van der Waals surface area (Å²) in [5.41, 5.74) is 1.18. The molecule has 0 aliphatic heterocycles. The second-order valence-corrected chi connectivity index (χ2v) is 5.30. The second-order valence-electron chi connectivity index (χ2n) is 5.30. The fraction of sp³-hybridized carbons (Fsp3) is 0.647. The molecule has 0 aromatic heterocycles. The summed E-state index contributed by atoms with van der Waals surface area (Å²) in [5.74, 6) is 2.14. The van der Waals surface area contributed by atoms with E-state index in [9.17, 15) is 0 Å². The van der Waals surface area contributed by atoms with E-state index in [1.54, 1.807) is 21.3 Å². The highest BCUT2D eigenvalue weighted by Crippen LogP contribution is 2.34. The van der Waals surface area contributed by atoms with Crippen LogP contribution in [0.25, 0.3) is 0 Å². The van der Waals surface area contributed by atoms with Crippen LogP contribution in [0.2, 0.25) is 0 Å². The maximum atomic E-state index is 5.55. The van der Waals surface area contributed by atoms with Gasteiger partial charge in [-0.2, -0.15) is 0 Å². The van der Waals surface area contributed by atoms with E-state index in [2.05, 4.69) is 25.2 Å². The normalized spacial score (nSPS) is 13.8. The molecule has 1 aromatic rings. The van der Waals surface area contributed by atoms with Crippen molar-refractivity contribution in [2.24, 2.45) is 5.92 Å². The van der Waals surface area contributed by atoms with E-state index in [0.29, 0.717) is 5.92 Å². The number of hydrogen-bond donors (Lipinski definition) is 1. The molecule has 1 rings (SSSR count). The van der Waals surface area contributed by atoms with Gasteiger partial charge in [-0.05, 0) is 31.4 Å². The summed E-state index contributed by atoms with van der Waals surface area (Å²) in [6.45, 7) is 6.17. The number of benzene rings is 1. The molecule has 0 spiro atoms. The molecule has 21 heavy (non-hydrogen) atoms. The van der Waals surface area contributed by atoms with Crippen molar-refractivity contribution < 1.29 is 14.2 Å². The molecular weight excluding hydrogens is 266 g/mol. The van der Waals surface area contributed by atoms with Crippen molar-refractivity contribution in [3.63, 3.8) is 0 Å². The van der Waals surface area contributed by atoms with E-state index in [4.69, 9.17) is 14.2 Å². The Balaban J connectivity index is 3.00. The van der Waals surface area contributed by atoms with Crippen molar-refractivity contribution in [2.45, 2.75) is 32.7 Å². The highest BCUT2D eigenvalue weighted by atomic mass is 16.5. The first kappa shape index (κ1) is 17.8. The summed E-state index contributed by atoms with van der Waals surface area (Å²) in [6, 6.07) is 6.27. The molecule has 2 atom stereocenters. The molecule has 4 nitrogen and oxygen atoms in total. The van der Waals surface area contributed by atoms with Gasteiger partial charge in [-0.3, -0.25) is 0 Å². The highest BCUT2D eigenvalue weighted by molar-refractivity contribution is 5.42. The van der Waals surface area contributed by atoms with Crippen LogP contribution in [0.15, 0.2) is 18.2 Å². The molecule has 0 saturated heterocycles. The van der Waals surface area contributed by atoms with Crippen molar-refractivity contribution in [1.82, 2.24) is 5.32 Å². The van der Waals surface area contributed by atoms with E-state index in [0.717, 1.165) is 37.5 Å². The van der Waals surface area contributed by atoms with Gasteiger partial charge >= 0.3 is 0 Å². The maximum Gasteiger partial charge on any atom is 0.127 e. The average Bonchev–Trinajstić information content (AvgIpc) is 2.53. The number of nitrogens with one attached hydrogen (secondary N) is 1. The lowest BCUT2D eigenvalue weighted by Gasteiger charge is -2.27. The van der Waals surface area contributed by atoms with Crippen LogP contribution in [0.3, 0.4) is 0 Å². The molecule has 0 fully saturated rings. The average molecular weight is 295 g/mol. The van der Waals surface area contributed by atoms with Crippen LogP contribution in [-0.4, -0.2) is 34.5 Å². The molecule has 120 valence electrons. The number of ether oxygens (including phenoxy) is 3. The van der Waals surface area contributed by atoms with Crippen LogP contribution in [0.1, 0.15) is 38.3 Å².